The topological polar surface area (TPSA) is 9.23 Å². The molecule has 0 aliphatic carbocycles. The largest absolute Gasteiger partial charge is 0.499 e. The fourth-order valence-corrected chi connectivity index (χ4v) is 2.86. The lowest BCUT2D eigenvalue weighted by atomic mass is 10.1. The molecule has 22 heavy (non-hydrogen) atoms. The second-order valence-corrected chi connectivity index (χ2v) is 6.53. The highest BCUT2D eigenvalue weighted by Crippen LogP contribution is 2.15. The number of rotatable bonds is 17. The molecule has 0 aromatic carbocycles. The zero-order valence-electron chi connectivity index (χ0n) is 15.8. The Morgan fingerprint density at radius 1 is 0.636 bits per heavy atom. The summed E-state index contributed by atoms with van der Waals surface area (Å²) in [5.41, 5.74) is 0. The molecule has 0 bridgehead atoms. The number of hydrogen-bond acceptors (Lipinski definition) is 1. The maximum Gasteiger partial charge on any atom is 0.0919 e. The van der Waals surface area contributed by atoms with E-state index < -0.39 is 0 Å². The molecule has 0 atom stereocenters. The summed E-state index contributed by atoms with van der Waals surface area (Å²) in [7, 11) is 0. The van der Waals surface area contributed by atoms with Gasteiger partial charge in [0.1, 0.15) is 0 Å². The van der Waals surface area contributed by atoms with Gasteiger partial charge in [-0.1, -0.05) is 84.5 Å². The average Bonchev–Trinajstić information content (AvgIpc) is 2.53. The van der Waals surface area contributed by atoms with Gasteiger partial charge in [-0.05, 0) is 32.3 Å². The molecular formula is C21H42O. The van der Waals surface area contributed by atoms with Gasteiger partial charge in [0, 0.05) is 6.42 Å². The number of hydrogen-bond donors (Lipinski definition) is 0. The molecule has 0 unspecified atom stereocenters. The van der Waals surface area contributed by atoms with Crippen LogP contribution < -0.4 is 0 Å². The van der Waals surface area contributed by atoms with Crippen molar-refractivity contribution in [1.29, 1.82) is 0 Å². The van der Waals surface area contributed by atoms with Crippen molar-refractivity contribution in [2.45, 2.75) is 117 Å². The van der Waals surface area contributed by atoms with Gasteiger partial charge in [-0.25, -0.2) is 0 Å². The second kappa shape index (κ2) is 18.6. The van der Waals surface area contributed by atoms with Crippen molar-refractivity contribution in [3.63, 3.8) is 0 Å². The van der Waals surface area contributed by atoms with E-state index in [0.29, 0.717) is 0 Å². The molecule has 0 radical (unpaired) electrons. The lowest BCUT2D eigenvalue weighted by molar-refractivity contribution is 0.214. The predicted octanol–water partition coefficient (Wildman–Crippen LogP) is 7.80. The highest BCUT2D eigenvalue weighted by atomic mass is 16.5. The van der Waals surface area contributed by atoms with E-state index in [0.717, 1.165) is 13.0 Å². The normalized spacial score (nSPS) is 11.9. The summed E-state index contributed by atoms with van der Waals surface area (Å²) in [4.78, 5) is 0. The van der Waals surface area contributed by atoms with Crippen LogP contribution in [0.15, 0.2) is 11.8 Å². The molecule has 0 saturated carbocycles. The van der Waals surface area contributed by atoms with Gasteiger partial charge in [0.05, 0.1) is 12.4 Å². The summed E-state index contributed by atoms with van der Waals surface area (Å²) in [5.74, 6) is 1.25. The zero-order valence-corrected chi connectivity index (χ0v) is 15.8. The Hall–Kier alpha value is -0.460. The van der Waals surface area contributed by atoms with Crippen molar-refractivity contribution in [3.05, 3.63) is 11.8 Å². The third-order valence-corrected chi connectivity index (χ3v) is 4.29. The smallest absolute Gasteiger partial charge is 0.0919 e. The molecule has 0 aliphatic heterocycles. The van der Waals surface area contributed by atoms with Gasteiger partial charge in [0.25, 0.3) is 0 Å². The van der Waals surface area contributed by atoms with Crippen LogP contribution in [-0.2, 0) is 4.74 Å². The molecule has 0 saturated heterocycles. The standard InChI is InChI=1S/C21H42O/c1-4-7-9-11-12-13-14-15-16-18-20-21(22-6-3)19-17-10-8-5-2/h19H,4-18,20H2,1-3H3/b21-19-. The lowest BCUT2D eigenvalue weighted by Gasteiger charge is -2.09. The summed E-state index contributed by atoms with van der Waals surface area (Å²) in [6.45, 7) is 7.46. The Bertz CT molecular complexity index is 232. The van der Waals surface area contributed by atoms with Gasteiger partial charge in [-0.2, -0.15) is 0 Å². The first-order valence-corrected chi connectivity index (χ1v) is 10.2. The van der Waals surface area contributed by atoms with Gasteiger partial charge in [0.2, 0.25) is 0 Å². The SMILES string of the molecule is CCCCC/C=C(/CCCCCCCCCCCC)OCC. The Kier molecular flexibility index (Phi) is 18.2. The van der Waals surface area contributed by atoms with Crippen LogP contribution in [0, 0.1) is 0 Å². The second-order valence-electron chi connectivity index (χ2n) is 6.53. The highest BCUT2D eigenvalue weighted by molar-refractivity contribution is 4.92. The average molecular weight is 311 g/mol. The lowest BCUT2D eigenvalue weighted by Crippen LogP contribution is -1.93. The minimum atomic E-state index is 0.817. The van der Waals surface area contributed by atoms with E-state index in [1.54, 1.807) is 0 Å². The van der Waals surface area contributed by atoms with Crippen LogP contribution in [-0.4, -0.2) is 6.61 Å². The quantitative estimate of drug-likeness (QED) is 0.197. The van der Waals surface area contributed by atoms with Crippen molar-refractivity contribution in [2.24, 2.45) is 0 Å². The Morgan fingerprint density at radius 3 is 1.68 bits per heavy atom. The zero-order chi connectivity index (χ0) is 16.3. The fourth-order valence-electron chi connectivity index (χ4n) is 2.86. The van der Waals surface area contributed by atoms with E-state index in [1.165, 1.54) is 95.7 Å². The Labute approximate surface area is 140 Å². The summed E-state index contributed by atoms with van der Waals surface area (Å²) >= 11 is 0. The molecule has 0 N–H and O–H groups in total. The van der Waals surface area contributed by atoms with Crippen LogP contribution in [0.5, 0.6) is 0 Å². The van der Waals surface area contributed by atoms with Crippen LogP contribution in [0.25, 0.3) is 0 Å². The van der Waals surface area contributed by atoms with E-state index in [-0.39, 0.29) is 0 Å². The number of unbranched alkanes of at least 4 members (excludes halogenated alkanes) is 12. The molecule has 0 aromatic heterocycles. The van der Waals surface area contributed by atoms with Crippen LogP contribution in [0.2, 0.25) is 0 Å². The summed E-state index contributed by atoms with van der Waals surface area (Å²) in [6, 6.07) is 0. The molecule has 1 nitrogen and oxygen atoms in total. The molecular weight excluding hydrogens is 268 g/mol. The highest BCUT2D eigenvalue weighted by Gasteiger charge is 1.99. The first kappa shape index (κ1) is 21.5. The van der Waals surface area contributed by atoms with Crippen molar-refractivity contribution in [1.82, 2.24) is 0 Å². The fraction of sp³-hybridized carbons (Fsp3) is 0.905. The summed E-state index contributed by atoms with van der Waals surface area (Å²) < 4.78 is 5.77. The van der Waals surface area contributed by atoms with Gasteiger partial charge in [-0.3, -0.25) is 0 Å². The van der Waals surface area contributed by atoms with Gasteiger partial charge in [0.15, 0.2) is 0 Å². The molecule has 0 fully saturated rings. The Balaban J connectivity index is 3.47. The van der Waals surface area contributed by atoms with Gasteiger partial charge in [-0.15, -0.1) is 0 Å². The van der Waals surface area contributed by atoms with Gasteiger partial charge >= 0.3 is 0 Å². The molecule has 1 heteroatoms. The minimum absolute atomic E-state index is 0.817. The molecule has 0 aliphatic rings. The molecule has 0 rings (SSSR count). The van der Waals surface area contributed by atoms with Crippen molar-refractivity contribution in [3.8, 4) is 0 Å². The third-order valence-electron chi connectivity index (χ3n) is 4.29. The van der Waals surface area contributed by atoms with E-state index in [9.17, 15) is 0 Å². The molecule has 0 heterocycles. The van der Waals surface area contributed by atoms with E-state index in [1.807, 2.05) is 0 Å². The maximum atomic E-state index is 5.77. The molecule has 132 valence electrons. The summed E-state index contributed by atoms with van der Waals surface area (Å²) in [5, 5.41) is 0. The first-order valence-electron chi connectivity index (χ1n) is 10.2. The third kappa shape index (κ3) is 15.9. The van der Waals surface area contributed by atoms with E-state index in [2.05, 4.69) is 26.8 Å². The monoisotopic (exact) mass is 310 g/mol. The van der Waals surface area contributed by atoms with Crippen LogP contribution in [0.3, 0.4) is 0 Å². The Morgan fingerprint density at radius 2 is 1.14 bits per heavy atom. The van der Waals surface area contributed by atoms with E-state index in [4.69, 9.17) is 4.74 Å². The predicted molar refractivity (Wildman–Crippen MR) is 100 cm³/mol. The van der Waals surface area contributed by atoms with Crippen molar-refractivity contribution >= 4 is 0 Å². The minimum Gasteiger partial charge on any atom is -0.499 e. The van der Waals surface area contributed by atoms with Crippen molar-refractivity contribution in [2.75, 3.05) is 6.61 Å². The number of allylic oxidation sites excluding steroid dienone is 2. The van der Waals surface area contributed by atoms with Crippen molar-refractivity contribution < 1.29 is 4.74 Å². The van der Waals surface area contributed by atoms with Crippen LogP contribution in [0.4, 0.5) is 0 Å². The van der Waals surface area contributed by atoms with Gasteiger partial charge < -0.3 is 4.74 Å². The molecule has 0 spiro atoms. The molecule has 0 aromatic rings. The number of ether oxygens (including phenoxy) is 1. The van der Waals surface area contributed by atoms with E-state index >= 15 is 0 Å². The first-order chi connectivity index (χ1) is 10.8. The molecule has 0 amide bonds. The maximum absolute atomic E-state index is 5.77. The summed E-state index contributed by atoms with van der Waals surface area (Å²) in [6.07, 6.45) is 22.7. The van der Waals surface area contributed by atoms with Crippen LogP contribution >= 0.6 is 0 Å². The van der Waals surface area contributed by atoms with Crippen LogP contribution in [0.1, 0.15) is 117 Å².